The van der Waals surface area contributed by atoms with Gasteiger partial charge in [-0.3, -0.25) is 0 Å². The van der Waals surface area contributed by atoms with Gasteiger partial charge in [-0.25, -0.2) is 0 Å². The maximum Gasteiger partial charge on any atom is 0.161 e. The van der Waals surface area contributed by atoms with Gasteiger partial charge >= 0.3 is 0 Å². The van der Waals surface area contributed by atoms with Crippen molar-refractivity contribution >= 4 is 11.6 Å². The lowest BCUT2D eigenvalue weighted by Gasteiger charge is -2.13. The minimum absolute atomic E-state index is 0.420. The molecule has 0 aromatic heterocycles. The van der Waals surface area contributed by atoms with Crippen LogP contribution >= 0.6 is 11.6 Å². The first kappa shape index (κ1) is 18.4. The molecule has 0 fully saturated rings. The summed E-state index contributed by atoms with van der Waals surface area (Å²) >= 11 is 6.16. The number of aryl methyl sites for hydroxylation is 2. The first-order valence-electron chi connectivity index (χ1n) is 7.94. The summed E-state index contributed by atoms with van der Waals surface area (Å²) in [5.74, 6) is 2.20. The minimum atomic E-state index is 0.420. The third kappa shape index (κ3) is 4.79. The summed E-state index contributed by atoms with van der Waals surface area (Å²) in [4.78, 5) is 0. The molecule has 2 N–H and O–H groups in total. The van der Waals surface area contributed by atoms with Crippen LogP contribution in [0, 0.1) is 13.8 Å². The molecule has 0 unspecified atom stereocenters. The van der Waals surface area contributed by atoms with Gasteiger partial charge in [0.15, 0.2) is 11.5 Å². The van der Waals surface area contributed by atoms with Crippen LogP contribution in [0.2, 0.25) is 5.02 Å². The highest BCUT2D eigenvalue weighted by Gasteiger charge is 2.07. The Morgan fingerprint density at radius 3 is 2.25 bits per heavy atom. The number of benzene rings is 2. The summed E-state index contributed by atoms with van der Waals surface area (Å²) in [7, 11) is 1.63. The normalized spacial score (nSPS) is 10.5. The molecule has 0 amide bonds. The fraction of sp³-hybridized carbons (Fsp3) is 0.368. The number of halogens is 1. The first-order chi connectivity index (χ1) is 11.5. The third-order valence-corrected chi connectivity index (χ3v) is 4.28. The second-order valence-electron chi connectivity index (χ2n) is 5.59. The van der Waals surface area contributed by atoms with Gasteiger partial charge < -0.3 is 19.9 Å². The first-order valence-corrected chi connectivity index (χ1v) is 8.32. The summed E-state index contributed by atoms with van der Waals surface area (Å²) in [5, 5.41) is 0.778. The molecule has 0 radical (unpaired) electrons. The molecular weight excluding hydrogens is 326 g/mol. The zero-order valence-electron chi connectivity index (χ0n) is 14.4. The number of rotatable bonds is 8. The number of ether oxygens (including phenoxy) is 3. The fourth-order valence-electron chi connectivity index (χ4n) is 2.46. The molecule has 0 saturated heterocycles. The molecule has 2 aromatic rings. The van der Waals surface area contributed by atoms with Crippen LogP contribution in [-0.2, 0) is 6.42 Å². The van der Waals surface area contributed by atoms with Crippen LogP contribution < -0.4 is 19.9 Å². The van der Waals surface area contributed by atoms with E-state index in [0.29, 0.717) is 31.3 Å². The highest BCUT2D eigenvalue weighted by Crippen LogP contribution is 2.28. The van der Waals surface area contributed by atoms with Crippen LogP contribution in [0.1, 0.15) is 16.7 Å². The van der Waals surface area contributed by atoms with E-state index in [0.717, 1.165) is 33.9 Å². The lowest BCUT2D eigenvalue weighted by Crippen LogP contribution is -2.10. The predicted molar refractivity (Wildman–Crippen MR) is 97.7 cm³/mol. The summed E-state index contributed by atoms with van der Waals surface area (Å²) < 4.78 is 16.9. The van der Waals surface area contributed by atoms with Crippen LogP contribution in [0.3, 0.4) is 0 Å². The average Bonchev–Trinajstić information content (AvgIpc) is 2.57. The largest absolute Gasteiger partial charge is 0.493 e. The van der Waals surface area contributed by atoms with Crippen molar-refractivity contribution in [2.75, 3.05) is 26.9 Å². The van der Waals surface area contributed by atoms with Crippen LogP contribution in [0.4, 0.5) is 0 Å². The summed E-state index contributed by atoms with van der Waals surface area (Å²) in [5.41, 5.74) is 8.73. The lowest BCUT2D eigenvalue weighted by atomic mass is 10.1. The number of hydrogen-bond acceptors (Lipinski definition) is 4. The fourth-order valence-corrected chi connectivity index (χ4v) is 2.57. The summed E-state index contributed by atoms with van der Waals surface area (Å²) in [6.45, 7) is 5.39. The van der Waals surface area contributed by atoms with Crippen LogP contribution in [0.15, 0.2) is 30.3 Å². The molecule has 24 heavy (non-hydrogen) atoms. The van der Waals surface area contributed by atoms with E-state index in [2.05, 4.69) is 0 Å². The van der Waals surface area contributed by atoms with Crippen molar-refractivity contribution in [1.29, 1.82) is 0 Å². The molecule has 0 spiro atoms. The van der Waals surface area contributed by atoms with E-state index >= 15 is 0 Å². The van der Waals surface area contributed by atoms with E-state index in [1.165, 1.54) is 0 Å². The van der Waals surface area contributed by atoms with Crippen molar-refractivity contribution in [3.63, 3.8) is 0 Å². The lowest BCUT2D eigenvalue weighted by molar-refractivity contribution is 0.211. The van der Waals surface area contributed by atoms with E-state index < -0.39 is 0 Å². The average molecular weight is 350 g/mol. The molecule has 2 rings (SSSR count). The van der Waals surface area contributed by atoms with Gasteiger partial charge in [0.2, 0.25) is 0 Å². The van der Waals surface area contributed by atoms with Gasteiger partial charge in [-0.05, 0) is 67.8 Å². The molecule has 0 aliphatic heterocycles. The second kappa shape index (κ2) is 8.81. The predicted octanol–water partition coefficient (Wildman–Crippen LogP) is 3.92. The smallest absolute Gasteiger partial charge is 0.161 e. The van der Waals surface area contributed by atoms with Crippen molar-refractivity contribution in [3.05, 3.63) is 52.0 Å². The van der Waals surface area contributed by atoms with Gasteiger partial charge in [0, 0.05) is 5.02 Å². The zero-order chi connectivity index (χ0) is 17.5. The topological polar surface area (TPSA) is 53.7 Å². The molecule has 0 aliphatic carbocycles. The summed E-state index contributed by atoms with van der Waals surface area (Å²) in [6.07, 6.45) is 0.806. The molecule has 130 valence electrons. The third-order valence-electron chi connectivity index (χ3n) is 3.68. The molecule has 0 bridgehead atoms. The molecule has 0 saturated carbocycles. The summed E-state index contributed by atoms with van der Waals surface area (Å²) in [6, 6.07) is 9.71. The highest BCUT2D eigenvalue weighted by atomic mass is 35.5. The molecular formula is C19H24ClNO3. The number of methoxy groups -OCH3 is 1. The number of nitrogens with two attached hydrogens (primary N) is 1. The Bertz CT molecular complexity index is 665. The Kier molecular flexibility index (Phi) is 6.76. The highest BCUT2D eigenvalue weighted by molar-refractivity contribution is 6.32. The Hall–Kier alpha value is -1.91. The van der Waals surface area contributed by atoms with Crippen LogP contribution in [0.5, 0.6) is 17.2 Å². The Morgan fingerprint density at radius 1 is 0.958 bits per heavy atom. The van der Waals surface area contributed by atoms with Gasteiger partial charge in [-0.15, -0.1) is 0 Å². The second-order valence-corrected chi connectivity index (χ2v) is 5.97. The number of hydrogen-bond donors (Lipinski definition) is 1. The molecule has 0 aliphatic rings. The molecule has 0 atom stereocenters. The van der Waals surface area contributed by atoms with E-state index in [-0.39, 0.29) is 0 Å². The molecule has 4 nitrogen and oxygen atoms in total. The SMILES string of the molecule is COc1ccc(CCN)cc1OCCOc1cc(C)c(Cl)c(C)c1. The van der Waals surface area contributed by atoms with Crippen molar-refractivity contribution < 1.29 is 14.2 Å². The van der Waals surface area contributed by atoms with Crippen LogP contribution in [-0.4, -0.2) is 26.9 Å². The van der Waals surface area contributed by atoms with Crippen molar-refractivity contribution in [2.24, 2.45) is 5.73 Å². The van der Waals surface area contributed by atoms with E-state index in [4.69, 9.17) is 31.5 Å². The maximum absolute atomic E-state index is 6.16. The zero-order valence-corrected chi connectivity index (χ0v) is 15.2. The maximum atomic E-state index is 6.16. The monoisotopic (exact) mass is 349 g/mol. The van der Waals surface area contributed by atoms with Gasteiger partial charge in [-0.2, -0.15) is 0 Å². The van der Waals surface area contributed by atoms with Gasteiger partial charge in [0.1, 0.15) is 19.0 Å². The van der Waals surface area contributed by atoms with E-state index in [9.17, 15) is 0 Å². The van der Waals surface area contributed by atoms with Gasteiger partial charge in [-0.1, -0.05) is 17.7 Å². The standard InChI is InChI=1S/C19H24ClNO3/c1-13-10-16(11-14(2)19(13)20)23-8-9-24-18-12-15(6-7-21)4-5-17(18)22-3/h4-5,10-12H,6-9,21H2,1-3H3. The van der Waals surface area contributed by atoms with Gasteiger partial charge in [0.25, 0.3) is 0 Å². The van der Waals surface area contributed by atoms with E-state index in [1.807, 2.05) is 44.2 Å². The molecule has 2 aromatic carbocycles. The van der Waals surface area contributed by atoms with Gasteiger partial charge in [0.05, 0.1) is 7.11 Å². The van der Waals surface area contributed by atoms with Crippen molar-refractivity contribution in [2.45, 2.75) is 20.3 Å². The quantitative estimate of drug-likeness (QED) is 0.734. The van der Waals surface area contributed by atoms with Crippen molar-refractivity contribution in [3.8, 4) is 17.2 Å². The Balaban J connectivity index is 1.93. The van der Waals surface area contributed by atoms with Crippen molar-refractivity contribution in [1.82, 2.24) is 0 Å². The Labute approximate surface area is 148 Å². The Morgan fingerprint density at radius 2 is 1.62 bits per heavy atom. The van der Waals surface area contributed by atoms with E-state index in [1.54, 1.807) is 7.11 Å². The minimum Gasteiger partial charge on any atom is -0.493 e. The van der Waals surface area contributed by atoms with Crippen LogP contribution in [0.25, 0.3) is 0 Å². The molecule has 5 heteroatoms. The molecule has 0 heterocycles.